The number of ether oxygens (including phenoxy) is 1. The quantitative estimate of drug-likeness (QED) is 0.431. The van der Waals surface area contributed by atoms with E-state index in [-0.39, 0.29) is 9.47 Å². The van der Waals surface area contributed by atoms with E-state index >= 15 is 0 Å². The lowest BCUT2D eigenvalue weighted by Gasteiger charge is -2.07. The number of nitrogens with zero attached hydrogens (tertiary/aromatic N) is 2. The number of rotatable bonds is 8. The molecular formula is C18H16N4O4S2. The Morgan fingerprint density at radius 3 is 2.50 bits per heavy atom. The van der Waals surface area contributed by atoms with Crippen LogP contribution in [0.5, 0.6) is 5.75 Å². The fourth-order valence-electron chi connectivity index (χ4n) is 2.10. The Kier molecular flexibility index (Phi) is 6.02. The van der Waals surface area contributed by atoms with Crippen molar-refractivity contribution in [3.8, 4) is 5.75 Å². The van der Waals surface area contributed by atoms with Crippen LogP contribution in [0.3, 0.4) is 0 Å². The number of hydrogen-bond acceptors (Lipinski definition) is 7. The van der Waals surface area contributed by atoms with Crippen LogP contribution in [0.4, 0.5) is 10.8 Å². The molecule has 3 aromatic rings. The van der Waals surface area contributed by atoms with Crippen LogP contribution in [0.15, 0.2) is 71.6 Å². The molecule has 2 aromatic carbocycles. The zero-order valence-electron chi connectivity index (χ0n) is 14.5. The van der Waals surface area contributed by atoms with Crippen LogP contribution in [0.2, 0.25) is 0 Å². The van der Waals surface area contributed by atoms with Crippen molar-refractivity contribution in [1.29, 1.82) is 0 Å². The van der Waals surface area contributed by atoms with Gasteiger partial charge >= 0.3 is 0 Å². The van der Waals surface area contributed by atoms with E-state index in [2.05, 4.69) is 26.8 Å². The summed E-state index contributed by atoms with van der Waals surface area (Å²) in [5.41, 5.74) is 0.773. The molecule has 3 rings (SSSR count). The van der Waals surface area contributed by atoms with Crippen LogP contribution < -0.4 is 14.8 Å². The van der Waals surface area contributed by atoms with Crippen molar-refractivity contribution >= 4 is 38.1 Å². The van der Waals surface area contributed by atoms with Crippen molar-refractivity contribution in [2.45, 2.75) is 4.34 Å². The lowest BCUT2D eigenvalue weighted by atomic mass is 10.2. The van der Waals surface area contributed by atoms with Gasteiger partial charge in [-0.1, -0.05) is 42.2 Å². The van der Waals surface area contributed by atoms with Gasteiger partial charge in [-0.05, 0) is 36.4 Å². The van der Waals surface area contributed by atoms with Crippen LogP contribution in [-0.4, -0.2) is 31.1 Å². The third-order valence-electron chi connectivity index (χ3n) is 3.37. The number of sulfonamides is 1. The molecule has 1 heterocycles. The minimum absolute atomic E-state index is 0.0856. The van der Waals surface area contributed by atoms with Gasteiger partial charge in [0.25, 0.3) is 20.3 Å². The first-order valence-electron chi connectivity index (χ1n) is 8.04. The van der Waals surface area contributed by atoms with E-state index < -0.39 is 15.9 Å². The first kappa shape index (κ1) is 19.5. The summed E-state index contributed by atoms with van der Waals surface area (Å²) >= 11 is 0.756. The Bertz CT molecular complexity index is 1060. The number of benzene rings is 2. The molecule has 0 radical (unpaired) electrons. The number of carbonyl (C=O) groups is 1. The van der Waals surface area contributed by atoms with Crippen molar-refractivity contribution in [3.05, 3.63) is 72.8 Å². The van der Waals surface area contributed by atoms with Gasteiger partial charge in [0, 0.05) is 11.3 Å². The predicted octanol–water partition coefficient (Wildman–Crippen LogP) is 3.16. The van der Waals surface area contributed by atoms with Crippen molar-refractivity contribution < 1.29 is 17.9 Å². The molecule has 0 aliphatic heterocycles. The summed E-state index contributed by atoms with van der Waals surface area (Å²) in [6, 6.07) is 14.9. The average Bonchev–Trinajstić information content (AvgIpc) is 3.17. The zero-order valence-corrected chi connectivity index (χ0v) is 16.2. The van der Waals surface area contributed by atoms with E-state index in [1.807, 2.05) is 0 Å². The summed E-state index contributed by atoms with van der Waals surface area (Å²) < 4.78 is 32.4. The van der Waals surface area contributed by atoms with Gasteiger partial charge in [-0.25, -0.2) is 0 Å². The van der Waals surface area contributed by atoms with E-state index in [1.165, 1.54) is 0 Å². The van der Waals surface area contributed by atoms with Gasteiger partial charge in [-0.15, -0.1) is 10.2 Å². The van der Waals surface area contributed by atoms with Crippen molar-refractivity contribution in [2.75, 3.05) is 16.6 Å². The molecule has 8 nitrogen and oxygen atoms in total. The molecule has 0 unspecified atom stereocenters. The first-order chi connectivity index (χ1) is 13.5. The van der Waals surface area contributed by atoms with Crippen molar-refractivity contribution in [2.24, 2.45) is 0 Å². The van der Waals surface area contributed by atoms with Gasteiger partial charge in [-0.3, -0.25) is 14.8 Å². The summed E-state index contributed by atoms with van der Waals surface area (Å²) in [5.74, 6) is 0.188. The minimum Gasteiger partial charge on any atom is -0.490 e. The van der Waals surface area contributed by atoms with Gasteiger partial charge in [0.1, 0.15) is 12.4 Å². The van der Waals surface area contributed by atoms with Gasteiger partial charge in [-0.2, -0.15) is 8.42 Å². The summed E-state index contributed by atoms with van der Waals surface area (Å²) in [4.78, 5) is 12.1. The third kappa shape index (κ3) is 4.93. The second-order valence-corrected chi connectivity index (χ2v) is 8.26. The maximum atomic E-state index is 12.5. The normalized spacial score (nSPS) is 10.9. The molecule has 144 valence electrons. The van der Waals surface area contributed by atoms with Gasteiger partial charge in [0.15, 0.2) is 0 Å². The molecule has 1 aromatic heterocycles. The number of aromatic nitrogens is 2. The van der Waals surface area contributed by atoms with Gasteiger partial charge in [0.05, 0.1) is 0 Å². The Hall–Kier alpha value is -3.24. The second kappa shape index (κ2) is 8.63. The van der Waals surface area contributed by atoms with Gasteiger partial charge in [0.2, 0.25) is 5.13 Å². The van der Waals surface area contributed by atoms with E-state index in [0.29, 0.717) is 23.6 Å². The van der Waals surface area contributed by atoms with Crippen molar-refractivity contribution in [1.82, 2.24) is 10.2 Å². The number of carbonyl (C=O) groups excluding carboxylic acids is 1. The highest BCUT2D eigenvalue weighted by Gasteiger charge is 2.21. The Morgan fingerprint density at radius 1 is 1.11 bits per heavy atom. The molecule has 0 fully saturated rings. The molecule has 0 saturated heterocycles. The van der Waals surface area contributed by atoms with Gasteiger partial charge < -0.3 is 4.74 Å². The molecule has 0 atom stereocenters. The van der Waals surface area contributed by atoms with E-state index in [4.69, 9.17) is 4.74 Å². The average molecular weight is 416 g/mol. The predicted molar refractivity (Wildman–Crippen MR) is 107 cm³/mol. The molecule has 0 saturated carbocycles. The highest BCUT2D eigenvalue weighted by atomic mass is 32.2. The Morgan fingerprint density at radius 2 is 1.82 bits per heavy atom. The maximum Gasteiger partial charge on any atom is 0.291 e. The lowest BCUT2D eigenvalue weighted by Crippen LogP contribution is -2.12. The monoisotopic (exact) mass is 416 g/mol. The van der Waals surface area contributed by atoms with E-state index in [0.717, 1.165) is 11.3 Å². The molecule has 0 spiro atoms. The molecule has 0 aliphatic carbocycles. The van der Waals surface area contributed by atoms with Crippen molar-refractivity contribution in [3.63, 3.8) is 0 Å². The standard InChI is InChI=1S/C18H16N4O4S2/c1-2-12-26-15-10-8-14(9-11-15)22-28(24,25)18-21-20-17(27-18)19-16(23)13-6-4-3-5-7-13/h2-11,22H,1,12H2,(H,19,20,23). The van der Waals surface area contributed by atoms with E-state index in [9.17, 15) is 13.2 Å². The molecule has 0 bridgehead atoms. The molecule has 28 heavy (non-hydrogen) atoms. The molecular weight excluding hydrogens is 400 g/mol. The third-order valence-corrected chi connectivity index (χ3v) is 5.95. The maximum absolute atomic E-state index is 12.5. The second-order valence-electron chi connectivity index (χ2n) is 5.42. The Labute approximate surface area is 165 Å². The molecule has 0 aliphatic rings. The smallest absolute Gasteiger partial charge is 0.291 e. The SMILES string of the molecule is C=CCOc1ccc(NS(=O)(=O)c2nnc(NC(=O)c3ccccc3)s2)cc1. The number of amides is 1. The lowest BCUT2D eigenvalue weighted by molar-refractivity contribution is 0.102. The highest BCUT2D eigenvalue weighted by molar-refractivity contribution is 7.94. The summed E-state index contributed by atoms with van der Waals surface area (Å²) in [7, 11) is -3.94. The minimum atomic E-state index is -3.94. The van der Waals surface area contributed by atoms with E-state index in [1.54, 1.807) is 60.7 Å². The number of nitrogens with one attached hydrogen (secondary N) is 2. The molecule has 1 amide bonds. The fourth-order valence-corrected chi connectivity index (χ4v) is 4.06. The largest absolute Gasteiger partial charge is 0.490 e. The topological polar surface area (TPSA) is 110 Å². The van der Waals surface area contributed by atoms with Crippen LogP contribution in [0, 0.1) is 0 Å². The van der Waals surface area contributed by atoms with Crippen LogP contribution in [0.25, 0.3) is 0 Å². The summed E-state index contributed by atoms with van der Waals surface area (Å²) in [5, 5.41) is 10.00. The van der Waals surface area contributed by atoms with Crippen LogP contribution in [-0.2, 0) is 10.0 Å². The number of hydrogen-bond donors (Lipinski definition) is 2. The first-order valence-corrected chi connectivity index (χ1v) is 10.3. The highest BCUT2D eigenvalue weighted by Crippen LogP contribution is 2.24. The van der Waals surface area contributed by atoms with Crippen LogP contribution >= 0.6 is 11.3 Å². The number of anilines is 2. The zero-order chi connectivity index (χ0) is 20.0. The Balaban J connectivity index is 1.67. The molecule has 10 heteroatoms. The fraction of sp³-hybridized carbons (Fsp3) is 0.0556. The van der Waals surface area contributed by atoms with Crippen LogP contribution in [0.1, 0.15) is 10.4 Å². The molecule has 2 N–H and O–H groups in total. The summed E-state index contributed by atoms with van der Waals surface area (Å²) in [6.07, 6.45) is 1.61. The summed E-state index contributed by atoms with van der Waals surface area (Å²) in [6.45, 7) is 3.91.